The van der Waals surface area contributed by atoms with E-state index in [0.717, 1.165) is 12.1 Å². The van der Waals surface area contributed by atoms with Gasteiger partial charge < -0.3 is 9.64 Å². The lowest BCUT2D eigenvalue weighted by Crippen LogP contribution is -2.39. The van der Waals surface area contributed by atoms with Gasteiger partial charge in [-0.3, -0.25) is 14.2 Å². The summed E-state index contributed by atoms with van der Waals surface area (Å²) < 4.78 is 6.96. The van der Waals surface area contributed by atoms with Crippen molar-refractivity contribution in [2.24, 2.45) is 5.92 Å². The van der Waals surface area contributed by atoms with Crippen LogP contribution in [0.2, 0.25) is 0 Å². The summed E-state index contributed by atoms with van der Waals surface area (Å²) in [7, 11) is 1.64. The van der Waals surface area contributed by atoms with E-state index in [1.807, 2.05) is 60.4 Å². The normalized spacial score (nSPS) is 15.1. The van der Waals surface area contributed by atoms with Crippen LogP contribution in [0.4, 0.5) is 0 Å². The van der Waals surface area contributed by atoms with Crippen LogP contribution in [0.5, 0.6) is 0 Å². The van der Waals surface area contributed by atoms with Gasteiger partial charge in [-0.15, -0.1) is 0 Å². The Hall–Kier alpha value is -2.99. The van der Waals surface area contributed by atoms with Gasteiger partial charge in [0.1, 0.15) is 5.82 Å². The van der Waals surface area contributed by atoms with Gasteiger partial charge in [0.2, 0.25) is 5.91 Å². The molecule has 0 N–H and O–H groups in total. The second kappa shape index (κ2) is 10.8. The molecule has 1 aliphatic carbocycles. The number of carbonyl (C=O) groups excluding carboxylic acids is 1. The van der Waals surface area contributed by atoms with Gasteiger partial charge in [-0.25, -0.2) is 4.98 Å². The van der Waals surface area contributed by atoms with Gasteiger partial charge in [0.05, 0.1) is 29.2 Å². The molecule has 2 aromatic carbocycles. The molecule has 174 valence electrons. The maximum absolute atomic E-state index is 13.6. The number of ether oxygens (including phenoxy) is 1. The molecule has 1 aromatic heterocycles. The molecule has 1 fully saturated rings. The highest BCUT2D eigenvalue weighted by molar-refractivity contribution is 5.79. The third-order valence-electron chi connectivity index (χ3n) is 6.76. The van der Waals surface area contributed by atoms with E-state index in [1.54, 1.807) is 17.7 Å². The number of para-hydroxylation sites is 2. The molecule has 6 nitrogen and oxygen atoms in total. The van der Waals surface area contributed by atoms with E-state index in [-0.39, 0.29) is 17.5 Å². The van der Waals surface area contributed by atoms with Crippen LogP contribution in [0, 0.1) is 5.92 Å². The SMILES string of the molecule is COCCN(C(=O)CCC1CCCC1)C(C)c1nc2ccccc2c(=O)n1-c1ccccc1. The molecule has 1 atom stereocenters. The Balaban J connectivity index is 1.73. The molecule has 0 saturated heterocycles. The van der Waals surface area contributed by atoms with Crippen LogP contribution in [0.3, 0.4) is 0 Å². The van der Waals surface area contributed by atoms with Gasteiger partial charge in [0.25, 0.3) is 5.56 Å². The smallest absolute Gasteiger partial charge is 0.266 e. The molecular formula is C27H33N3O3. The molecule has 0 radical (unpaired) electrons. The maximum atomic E-state index is 13.6. The summed E-state index contributed by atoms with van der Waals surface area (Å²) in [6.07, 6.45) is 6.43. The first-order valence-corrected chi connectivity index (χ1v) is 12.0. The molecule has 3 aromatic rings. The number of rotatable bonds is 9. The molecule has 1 amide bonds. The predicted octanol–water partition coefficient (Wildman–Crippen LogP) is 4.89. The highest BCUT2D eigenvalue weighted by Gasteiger charge is 2.27. The average molecular weight is 448 g/mol. The molecule has 33 heavy (non-hydrogen) atoms. The van der Waals surface area contributed by atoms with Crippen LogP contribution in [0.25, 0.3) is 16.6 Å². The fourth-order valence-corrected chi connectivity index (χ4v) is 4.89. The van der Waals surface area contributed by atoms with Gasteiger partial charge in [-0.05, 0) is 43.5 Å². The molecule has 1 heterocycles. The first kappa shape index (κ1) is 23.2. The number of benzene rings is 2. The third kappa shape index (κ3) is 5.17. The first-order chi connectivity index (χ1) is 16.1. The van der Waals surface area contributed by atoms with Crippen molar-refractivity contribution >= 4 is 16.8 Å². The van der Waals surface area contributed by atoms with E-state index in [9.17, 15) is 9.59 Å². The van der Waals surface area contributed by atoms with E-state index in [4.69, 9.17) is 9.72 Å². The van der Waals surface area contributed by atoms with Gasteiger partial charge in [-0.1, -0.05) is 56.0 Å². The number of carbonyl (C=O) groups is 1. The lowest BCUT2D eigenvalue weighted by Gasteiger charge is -2.31. The summed E-state index contributed by atoms with van der Waals surface area (Å²) in [5, 5.41) is 0.563. The van der Waals surface area contributed by atoms with Crippen molar-refractivity contribution in [3.05, 3.63) is 70.8 Å². The fourth-order valence-electron chi connectivity index (χ4n) is 4.89. The molecule has 0 aliphatic heterocycles. The average Bonchev–Trinajstić information content (AvgIpc) is 3.37. The molecule has 1 unspecified atom stereocenters. The molecule has 0 spiro atoms. The van der Waals surface area contributed by atoms with E-state index >= 15 is 0 Å². The Morgan fingerprint density at radius 3 is 2.55 bits per heavy atom. The molecule has 6 heteroatoms. The Bertz CT molecular complexity index is 1140. The maximum Gasteiger partial charge on any atom is 0.266 e. The number of aromatic nitrogens is 2. The lowest BCUT2D eigenvalue weighted by atomic mass is 10.0. The van der Waals surface area contributed by atoms with Gasteiger partial charge in [0, 0.05) is 20.1 Å². The Kier molecular flexibility index (Phi) is 7.55. The van der Waals surface area contributed by atoms with E-state index < -0.39 is 0 Å². The van der Waals surface area contributed by atoms with Crippen LogP contribution in [0.1, 0.15) is 57.3 Å². The van der Waals surface area contributed by atoms with Gasteiger partial charge in [-0.2, -0.15) is 0 Å². The van der Waals surface area contributed by atoms with Crippen molar-refractivity contribution in [1.82, 2.24) is 14.5 Å². The van der Waals surface area contributed by atoms with Crippen LogP contribution in [-0.2, 0) is 9.53 Å². The van der Waals surface area contributed by atoms with Crippen LogP contribution in [0.15, 0.2) is 59.4 Å². The van der Waals surface area contributed by atoms with E-state index in [0.29, 0.717) is 42.2 Å². The Labute approximate surface area is 195 Å². The minimum absolute atomic E-state index is 0.0912. The van der Waals surface area contributed by atoms with Crippen molar-refractivity contribution in [2.75, 3.05) is 20.3 Å². The summed E-state index contributed by atoms with van der Waals surface area (Å²) in [6.45, 7) is 2.85. The monoisotopic (exact) mass is 447 g/mol. The van der Waals surface area contributed by atoms with Crippen molar-refractivity contribution in [3.63, 3.8) is 0 Å². The number of hydrogen-bond acceptors (Lipinski definition) is 4. The molecule has 4 rings (SSSR count). The Morgan fingerprint density at radius 1 is 1.12 bits per heavy atom. The van der Waals surface area contributed by atoms with Crippen molar-refractivity contribution in [3.8, 4) is 5.69 Å². The molecule has 0 bridgehead atoms. The minimum atomic E-state index is -0.381. The van der Waals surface area contributed by atoms with E-state index in [2.05, 4.69) is 0 Å². The number of amides is 1. The van der Waals surface area contributed by atoms with Crippen LogP contribution < -0.4 is 5.56 Å². The zero-order valence-corrected chi connectivity index (χ0v) is 19.6. The second-order valence-electron chi connectivity index (χ2n) is 8.91. The second-order valence-corrected chi connectivity index (χ2v) is 8.91. The number of methoxy groups -OCH3 is 1. The molecule has 1 saturated carbocycles. The zero-order valence-electron chi connectivity index (χ0n) is 19.6. The number of fused-ring (bicyclic) bond motifs is 1. The lowest BCUT2D eigenvalue weighted by molar-refractivity contribution is -0.134. The van der Waals surface area contributed by atoms with Crippen molar-refractivity contribution in [1.29, 1.82) is 0 Å². The zero-order chi connectivity index (χ0) is 23.2. The van der Waals surface area contributed by atoms with Crippen molar-refractivity contribution in [2.45, 2.75) is 51.5 Å². The number of hydrogen-bond donors (Lipinski definition) is 0. The summed E-state index contributed by atoms with van der Waals surface area (Å²) >= 11 is 0. The van der Waals surface area contributed by atoms with Crippen LogP contribution >= 0.6 is 0 Å². The first-order valence-electron chi connectivity index (χ1n) is 12.0. The summed E-state index contributed by atoms with van der Waals surface area (Å²) in [5.41, 5.74) is 1.26. The highest BCUT2D eigenvalue weighted by Crippen LogP contribution is 2.30. The minimum Gasteiger partial charge on any atom is -0.383 e. The fraction of sp³-hybridized carbons (Fsp3) is 0.444. The molecule has 1 aliphatic rings. The standard InChI is InChI=1S/C27H33N3O3/c1-20(29(18-19-33-2)25(31)17-16-21-10-6-7-11-21)26-28-24-15-9-8-14-23(24)27(32)30(26)22-12-4-3-5-13-22/h3-5,8-9,12-15,20-21H,6-7,10-11,16-19H2,1-2H3. The highest BCUT2D eigenvalue weighted by atomic mass is 16.5. The Morgan fingerprint density at radius 2 is 1.82 bits per heavy atom. The van der Waals surface area contributed by atoms with Gasteiger partial charge >= 0.3 is 0 Å². The summed E-state index contributed by atoms with van der Waals surface area (Å²) in [4.78, 5) is 33.6. The van der Waals surface area contributed by atoms with E-state index in [1.165, 1.54) is 25.7 Å². The topological polar surface area (TPSA) is 64.4 Å². The molecular weight excluding hydrogens is 414 g/mol. The van der Waals surface area contributed by atoms with Gasteiger partial charge in [0.15, 0.2) is 0 Å². The third-order valence-corrected chi connectivity index (χ3v) is 6.76. The summed E-state index contributed by atoms with van der Waals surface area (Å²) in [6, 6.07) is 16.5. The van der Waals surface area contributed by atoms with Crippen LogP contribution in [-0.4, -0.2) is 40.6 Å². The number of nitrogens with zero attached hydrogens (tertiary/aromatic N) is 3. The largest absolute Gasteiger partial charge is 0.383 e. The quantitative estimate of drug-likeness (QED) is 0.468. The summed E-state index contributed by atoms with van der Waals surface area (Å²) in [5.74, 6) is 1.30. The predicted molar refractivity (Wildman–Crippen MR) is 131 cm³/mol. The van der Waals surface area contributed by atoms with Crippen molar-refractivity contribution < 1.29 is 9.53 Å².